The number of carbonyl (C=O) groups is 3. The smallest absolute Gasteiger partial charge is 0.475 e. The zero-order valence-corrected chi connectivity index (χ0v) is 20.8. The molecule has 0 aliphatic carbocycles. The van der Waals surface area contributed by atoms with Crippen LogP contribution in [0.15, 0.2) is 36.0 Å². The number of nitrogens with zero attached hydrogens (tertiary/aromatic N) is 3. The van der Waals surface area contributed by atoms with E-state index in [0.717, 1.165) is 43.1 Å². The van der Waals surface area contributed by atoms with Crippen molar-refractivity contribution in [3.8, 4) is 0 Å². The van der Waals surface area contributed by atoms with Gasteiger partial charge >= 0.3 is 24.3 Å². The van der Waals surface area contributed by atoms with Gasteiger partial charge in [-0.05, 0) is 31.4 Å². The Kier molecular flexibility index (Phi) is 11.6. The topological polar surface area (TPSA) is 142 Å². The molecule has 0 aromatic carbocycles. The second kappa shape index (κ2) is 14.2. The Morgan fingerprint density at radius 3 is 2.15 bits per heavy atom. The van der Waals surface area contributed by atoms with Crippen molar-refractivity contribution in [1.82, 2.24) is 20.2 Å². The van der Waals surface area contributed by atoms with Crippen molar-refractivity contribution in [2.24, 2.45) is 0 Å². The fourth-order valence-corrected chi connectivity index (χ4v) is 4.34. The minimum atomic E-state index is -5.08. The number of hydrogen-bond donors (Lipinski definition) is 3. The monoisotopic (exact) mass is 586 g/mol. The molecule has 3 atom stereocenters. The van der Waals surface area contributed by atoms with E-state index < -0.39 is 24.3 Å². The summed E-state index contributed by atoms with van der Waals surface area (Å²) in [6, 6.07) is 6.11. The third-order valence-corrected chi connectivity index (χ3v) is 6.20. The molecule has 0 spiro atoms. The molecule has 216 valence electrons. The van der Waals surface area contributed by atoms with Crippen LogP contribution >= 0.6 is 11.3 Å². The second-order valence-electron chi connectivity index (χ2n) is 8.14. The van der Waals surface area contributed by atoms with E-state index in [1.54, 1.807) is 17.5 Å². The number of aliphatic carboxylic acids is 2. The highest BCUT2D eigenvalue weighted by atomic mass is 32.1. The number of rotatable bonds is 5. The third-order valence-electron chi connectivity index (χ3n) is 5.43. The fourth-order valence-electron chi connectivity index (χ4n) is 3.70. The molecule has 4 rings (SSSR count). The largest absolute Gasteiger partial charge is 0.490 e. The van der Waals surface area contributed by atoms with Crippen LogP contribution in [0.4, 0.5) is 26.3 Å². The normalized spacial score (nSPS) is 20.9. The van der Waals surface area contributed by atoms with Crippen molar-refractivity contribution in [1.29, 1.82) is 0 Å². The number of alkyl halides is 6. The molecule has 2 aliphatic rings. The maximum absolute atomic E-state index is 12.4. The van der Waals surface area contributed by atoms with Gasteiger partial charge in [0.25, 0.3) is 0 Å². The van der Waals surface area contributed by atoms with Crippen LogP contribution in [0.1, 0.15) is 30.0 Å². The summed E-state index contributed by atoms with van der Waals surface area (Å²) in [7, 11) is 0. The van der Waals surface area contributed by atoms with E-state index in [-0.39, 0.29) is 18.1 Å². The summed E-state index contributed by atoms with van der Waals surface area (Å²) >= 11 is 1.70. The summed E-state index contributed by atoms with van der Waals surface area (Å²) < 4.78 is 69.6. The van der Waals surface area contributed by atoms with Crippen molar-refractivity contribution in [2.45, 2.75) is 63.0 Å². The van der Waals surface area contributed by atoms with Gasteiger partial charge in [0.2, 0.25) is 5.91 Å². The molecule has 4 heterocycles. The Balaban J connectivity index is 0.000000317. The molecule has 0 saturated carbocycles. The zero-order valence-electron chi connectivity index (χ0n) is 20.0. The summed E-state index contributed by atoms with van der Waals surface area (Å²) in [5, 5.41) is 20.4. The van der Waals surface area contributed by atoms with Crippen molar-refractivity contribution in [3.63, 3.8) is 0 Å². The molecular formula is C22H24F6N4O6S. The first kappa shape index (κ1) is 31.9. The summed E-state index contributed by atoms with van der Waals surface area (Å²) in [6.45, 7) is 2.35. The predicted octanol–water partition coefficient (Wildman–Crippen LogP) is 3.24. The molecule has 0 bridgehead atoms. The molecule has 0 radical (unpaired) electrons. The van der Waals surface area contributed by atoms with Gasteiger partial charge in [0.1, 0.15) is 11.1 Å². The van der Waals surface area contributed by atoms with Gasteiger partial charge < -0.3 is 20.3 Å². The number of amides is 1. The highest BCUT2D eigenvalue weighted by Gasteiger charge is 2.42. The van der Waals surface area contributed by atoms with Crippen molar-refractivity contribution < 1.29 is 55.7 Å². The standard InChI is InChI=1S/C18H22N4O2S.2C2HF3O2/c23-18(21-11-13-3-1-2-7-19-13)16-5-4-14-15(24-16)6-9-22(14)12-17-20-8-10-25-17;2*3-2(4,5)1(6)7/h1-3,7-8,10,14-16H,4-6,9,11-12H2,(H,21,23);2*(H,6,7)/t14-,15-,16+;;/m1../s1. The summed E-state index contributed by atoms with van der Waals surface area (Å²) in [5.41, 5.74) is 0.861. The summed E-state index contributed by atoms with van der Waals surface area (Å²) in [5.74, 6) is -5.54. The van der Waals surface area contributed by atoms with Crippen LogP contribution in [0, 0.1) is 0 Å². The summed E-state index contributed by atoms with van der Waals surface area (Å²) in [6.07, 6.45) is -4.02. The van der Waals surface area contributed by atoms with Crippen molar-refractivity contribution in [3.05, 3.63) is 46.7 Å². The van der Waals surface area contributed by atoms with E-state index in [1.807, 2.05) is 29.8 Å². The maximum Gasteiger partial charge on any atom is 0.490 e. The summed E-state index contributed by atoms with van der Waals surface area (Å²) in [4.78, 5) is 41.3. The number of thiazole rings is 1. The number of carbonyl (C=O) groups excluding carboxylic acids is 1. The van der Waals surface area contributed by atoms with Gasteiger partial charge in [0.15, 0.2) is 0 Å². The van der Waals surface area contributed by atoms with Crippen LogP contribution in [0.3, 0.4) is 0 Å². The van der Waals surface area contributed by atoms with E-state index in [2.05, 4.69) is 20.2 Å². The van der Waals surface area contributed by atoms with E-state index >= 15 is 0 Å². The molecule has 2 aromatic rings. The minimum absolute atomic E-state index is 0.0255. The number of carboxylic acid groups (broad SMARTS) is 2. The Labute approximate surface area is 221 Å². The first-order valence-corrected chi connectivity index (χ1v) is 12.1. The Morgan fingerprint density at radius 1 is 1.00 bits per heavy atom. The lowest BCUT2D eigenvalue weighted by Gasteiger charge is -2.35. The van der Waals surface area contributed by atoms with Gasteiger partial charge in [-0.3, -0.25) is 14.7 Å². The van der Waals surface area contributed by atoms with E-state index in [9.17, 15) is 31.1 Å². The SMILES string of the molecule is O=C(NCc1ccccn1)[C@@H]1CC[C@@H]2[C@@H](CCN2Cc2nccs2)O1.O=C(O)C(F)(F)F.O=C(O)C(F)(F)F. The molecule has 2 aromatic heterocycles. The first-order chi connectivity index (χ1) is 18.2. The van der Waals surface area contributed by atoms with Crippen molar-refractivity contribution in [2.75, 3.05) is 6.54 Å². The molecule has 2 aliphatic heterocycles. The number of likely N-dealkylation sites (tertiary alicyclic amines) is 1. The number of ether oxygens (including phenoxy) is 1. The van der Waals surface area contributed by atoms with Crippen LogP contribution in [0.25, 0.3) is 0 Å². The number of hydrogen-bond acceptors (Lipinski definition) is 8. The Bertz CT molecular complexity index is 1050. The molecule has 2 saturated heterocycles. The predicted molar refractivity (Wildman–Crippen MR) is 122 cm³/mol. The van der Waals surface area contributed by atoms with Gasteiger partial charge in [-0.1, -0.05) is 6.07 Å². The number of nitrogens with one attached hydrogen (secondary N) is 1. The van der Waals surface area contributed by atoms with Gasteiger partial charge in [0.05, 0.1) is 24.9 Å². The van der Waals surface area contributed by atoms with Crippen LogP contribution in [-0.4, -0.2) is 80.1 Å². The molecule has 3 N–H and O–H groups in total. The van der Waals surface area contributed by atoms with Gasteiger partial charge in [-0.15, -0.1) is 11.3 Å². The van der Waals surface area contributed by atoms with Gasteiger partial charge in [0, 0.05) is 30.4 Å². The zero-order chi connectivity index (χ0) is 29.2. The Morgan fingerprint density at radius 2 is 1.64 bits per heavy atom. The highest BCUT2D eigenvalue weighted by Crippen LogP contribution is 2.32. The minimum Gasteiger partial charge on any atom is -0.475 e. The molecular weight excluding hydrogens is 562 g/mol. The van der Waals surface area contributed by atoms with Crippen LogP contribution in [-0.2, 0) is 32.2 Å². The lowest BCUT2D eigenvalue weighted by Crippen LogP contribution is -2.47. The molecule has 39 heavy (non-hydrogen) atoms. The van der Waals surface area contributed by atoms with Crippen molar-refractivity contribution >= 4 is 29.2 Å². The number of carboxylic acids is 2. The van der Waals surface area contributed by atoms with Gasteiger partial charge in [-0.25, -0.2) is 14.6 Å². The molecule has 0 unspecified atom stereocenters. The van der Waals surface area contributed by atoms with Crippen LogP contribution in [0.2, 0.25) is 0 Å². The second-order valence-corrected chi connectivity index (χ2v) is 9.12. The molecule has 2 fully saturated rings. The van der Waals surface area contributed by atoms with E-state index in [0.29, 0.717) is 12.6 Å². The van der Waals surface area contributed by atoms with E-state index in [1.165, 1.54) is 0 Å². The van der Waals surface area contributed by atoms with Gasteiger partial charge in [-0.2, -0.15) is 26.3 Å². The quantitative estimate of drug-likeness (QED) is 0.450. The lowest BCUT2D eigenvalue weighted by molar-refractivity contribution is -0.193. The third kappa shape index (κ3) is 10.8. The maximum atomic E-state index is 12.4. The number of halogens is 6. The molecule has 17 heteroatoms. The van der Waals surface area contributed by atoms with Crippen LogP contribution in [0.5, 0.6) is 0 Å². The number of fused-ring (bicyclic) bond motifs is 1. The fraction of sp³-hybridized carbons (Fsp3) is 0.500. The highest BCUT2D eigenvalue weighted by molar-refractivity contribution is 7.09. The average molecular weight is 587 g/mol. The average Bonchev–Trinajstić information content (AvgIpc) is 3.53. The Hall–Kier alpha value is -3.31. The van der Waals surface area contributed by atoms with Crippen LogP contribution < -0.4 is 5.32 Å². The lowest BCUT2D eigenvalue weighted by atomic mass is 9.98. The number of pyridine rings is 1. The molecule has 10 nitrogen and oxygen atoms in total. The molecule has 1 amide bonds. The first-order valence-electron chi connectivity index (χ1n) is 11.2. The number of aromatic nitrogens is 2. The van der Waals surface area contributed by atoms with E-state index in [4.69, 9.17) is 24.5 Å².